The summed E-state index contributed by atoms with van der Waals surface area (Å²) in [5.74, 6) is 1.29. The van der Waals surface area contributed by atoms with E-state index in [9.17, 15) is 5.11 Å². The molecule has 0 aromatic heterocycles. The number of likely N-dealkylation sites (tertiary alicyclic amines) is 2. The molecular weight excluding hydrogens is 284 g/mol. The van der Waals surface area contributed by atoms with E-state index in [0.29, 0.717) is 5.92 Å². The van der Waals surface area contributed by atoms with E-state index >= 15 is 0 Å². The average Bonchev–Trinajstić information content (AvgIpc) is 2.61. The van der Waals surface area contributed by atoms with Crippen molar-refractivity contribution in [3.05, 3.63) is 35.9 Å². The van der Waals surface area contributed by atoms with Crippen molar-refractivity contribution < 1.29 is 5.11 Å². The number of piperidine rings is 2. The number of rotatable bonds is 5. The SMILES string of the molecule is C[C@H]1CCCN(CCN2CCC([C@@H](O)c3ccccc3)CC2)C1. The van der Waals surface area contributed by atoms with Gasteiger partial charge in [0.05, 0.1) is 6.10 Å². The monoisotopic (exact) mass is 316 g/mol. The molecule has 2 atom stereocenters. The van der Waals surface area contributed by atoms with Crippen LogP contribution in [0.2, 0.25) is 0 Å². The lowest BCUT2D eigenvalue weighted by Crippen LogP contribution is -2.43. The number of hydrogen-bond acceptors (Lipinski definition) is 3. The zero-order valence-electron chi connectivity index (χ0n) is 14.5. The Labute approximate surface area is 141 Å². The van der Waals surface area contributed by atoms with Crippen LogP contribution in [0.1, 0.15) is 44.3 Å². The average molecular weight is 316 g/mol. The molecule has 0 radical (unpaired) electrons. The molecule has 0 spiro atoms. The lowest BCUT2D eigenvalue weighted by atomic mass is 9.87. The van der Waals surface area contributed by atoms with Gasteiger partial charge in [0.1, 0.15) is 0 Å². The highest BCUT2D eigenvalue weighted by Crippen LogP contribution is 2.30. The normalized spacial score (nSPS) is 26.3. The summed E-state index contributed by atoms with van der Waals surface area (Å²) >= 11 is 0. The summed E-state index contributed by atoms with van der Waals surface area (Å²) in [6.07, 6.45) is 4.71. The fraction of sp³-hybridized carbons (Fsp3) is 0.700. The van der Waals surface area contributed by atoms with Crippen LogP contribution in [-0.4, -0.2) is 54.2 Å². The molecule has 0 bridgehead atoms. The molecule has 0 aliphatic carbocycles. The second-order valence-electron chi connectivity index (χ2n) is 7.58. The lowest BCUT2D eigenvalue weighted by molar-refractivity contribution is 0.0538. The summed E-state index contributed by atoms with van der Waals surface area (Å²) in [6, 6.07) is 10.2. The van der Waals surface area contributed by atoms with Crippen molar-refractivity contribution >= 4 is 0 Å². The number of nitrogens with zero attached hydrogens (tertiary/aromatic N) is 2. The zero-order chi connectivity index (χ0) is 16.1. The number of aliphatic hydroxyl groups excluding tert-OH is 1. The number of hydrogen-bond donors (Lipinski definition) is 1. The van der Waals surface area contributed by atoms with Gasteiger partial charge in [0.25, 0.3) is 0 Å². The Morgan fingerprint density at radius 3 is 2.39 bits per heavy atom. The third kappa shape index (κ3) is 4.79. The molecule has 23 heavy (non-hydrogen) atoms. The maximum absolute atomic E-state index is 10.6. The highest BCUT2D eigenvalue weighted by Gasteiger charge is 2.26. The highest BCUT2D eigenvalue weighted by atomic mass is 16.3. The van der Waals surface area contributed by atoms with Gasteiger partial charge in [-0.05, 0) is 62.7 Å². The first-order valence-corrected chi connectivity index (χ1v) is 9.40. The molecule has 2 aliphatic rings. The summed E-state index contributed by atoms with van der Waals surface area (Å²) in [4.78, 5) is 5.23. The van der Waals surface area contributed by atoms with Crippen LogP contribution in [0, 0.1) is 11.8 Å². The van der Waals surface area contributed by atoms with Gasteiger partial charge in [-0.15, -0.1) is 0 Å². The molecule has 0 unspecified atom stereocenters. The van der Waals surface area contributed by atoms with E-state index in [2.05, 4.69) is 28.9 Å². The molecule has 0 saturated carbocycles. The van der Waals surface area contributed by atoms with Crippen LogP contribution < -0.4 is 0 Å². The van der Waals surface area contributed by atoms with Gasteiger partial charge in [-0.1, -0.05) is 37.3 Å². The molecule has 2 saturated heterocycles. The highest BCUT2D eigenvalue weighted by molar-refractivity contribution is 5.18. The first-order valence-electron chi connectivity index (χ1n) is 9.40. The van der Waals surface area contributed by atoms with Gasteiger partial charge in [0, 0.05) is 19.6 Å². The fourth-order valence-electron chi connectivity index (χ4n) is 4.19. The molecule has 2 fully saturated rings. The first kappa shape index (κ1) is 16.9. The van der Waals surface area contributed by atoms with E-state index in [4.69, 9.17) is 0 Å². The lowest BCUT2D eigenvalue weighted by Gasteiger charge is -2.37. The van der Waals surface area contributed by atoms with Crippen LogP contribution in [0.4, 0.5) is 0 Å². The zero-order valence-corrected chi connectivity index (χ0v) is 14.5. The second-order valence-corrected chi connectivity index (χ2v) is 7.58. The third-order valence-corrected chi connectivity index (χ3v) is 5.69. The Bertz CT molecular complexity index is 456. The van der Waals surface area contributed by atoms with Crippen molar-refractivity contribution in [2.75, 3.05) is 39.3 Å². The van der Waals surface area contributed by atoms with E-state index in [1.54, 1.807) is 0 Å². The standard InChI is InChI=1S/C20H32N2O/c1-17-6-5-11-22(16-17)15-14-21-12-9-19(10-13-21)20(23)18-7-3-2-4-8-18/h2-4,7-8,17,19-20,23H,5-6,9-16H2,1H3/t17-,20-/m0/s1. The summed E-state index contributed by atoms with van der Waals surface area (Å²) in [5, 5.41) is 10.6. The van der Waals surface area contributed by atoms with Gasteiger partial charge in [0.2, 0.25) is 0 Å². The quantitative estimate of drug-likeness (QED) is 0.904. The molecule has 128 valence electrons. The largest absolute Gasteiger partial charge is 0.388 e. The molecule has 1 aromatic rings. The Kier molecular flexibility index (Phi) is 6.09. The predicted molar refractivity (Wildman–Crippen MR) is 95.4 cm³/mol. The maximum atomic E-state index is 10.6. The summed E-state index contributed by atoms with van der Waals surface area (Å²) in [5.41, 5.74) is 1.08. The van der Waals surface area contributed by atoms with Crippen LogP contribution in [-0.2, 0) is 0 Å². The van der Waals surface area contributed by atoms with Crippen LogP contribution in [0.15, 0.2) is 30.3 Å². The minimum Gasteiger partial charge on any atom is -0.388 e. The molecular formula is C20H32N2O. The maximum Gasteiger partial charge on any atom is 0.0819 e. The summed E-state index contributed by atoms with van der Waals surface area (Å²) in [6.45, 7) is 9.63. The van der Waals surface area contributed by atoms with Gasteiger partial charge < -0.3 is 14.9 Å². The Balaban J connectivity index is 1.40. The van der Waals surface area contributed by atoms with E-state index in [-0.39, 0.29) is 6.10 Å². The smallest absolute Gasteiger partial charge is 0.0819 e. The van der Waals surface area contributed by atoms with Gasteiger partial charge in [0.15, 0.2) is 0 Å². The van der Waals surface area contributed by atoms with Gasteiger partial charge in [-0.2, -0.15) is 0 Å². The summed E-state index contributed by atoms with van der Waals surface area (Å²) < 4.78 is 0. The molecule has 3 nitrogen and oxygen atoms in total. The first-order chi connectivity index (χ1) is 11.2. The van der Waals surface area contributed by atoms with Crippen molar-refractivity contribution in [1.29, 1.82) is 0 Å². The van der Waals surface area contributed by atoms with Gasteiger partial charge in [-0.3, -0.25) is 0 Å². The van der Waals surface area contributed by atoms with Crippen LogP contribution in [0.25, 0.3) is 0 Å². The number of benzene rings is 1. The summed E-state index contributed by atoms with van der Waals surface area (Å²) in [7, 11) is 0. The van der Waals surface area contributed by atoms with Crippen molar-refractivity contribution in [3.8, 4) is 0 Å². The van der Waals surface area contributed by atoms with Crippen molar-refractivity contribution in [3.63, 3.8) is 0 Å². The third-order valence-electron chi connectivity index (χ3n) is 5.69. The van der Waals surface area contributed by atoms with E-state index < -0.39 is 0 Å². The van der Waals surface area contributed by atoms with E-state index in [1.165, 1.54) is 39.0 Å². The molecule has 3 heteroatoms. The van der Waals surface area contributed by atoms with Crippen molar-refractivity contribution in [1.82, 2.24) is 9.80 Å². The Hall–Kier alpha value is -0.900. The molecule has 1 aromatic carbocycles. The Morgan fingerprint density at radius 2 is 1.70 bits per heavy atom. The minimum absolute atomic E-state index is 0.290. The molecule has 2 aliphatic heterocycles. The van der Waals surface area contributed by atoms with E-state index in [1.807, 2.05) is 18.2 Å². The van der Waals surface area contributed by atoms with Crippen molar-refractivity contribution in [2.24, 2.45) is 11.8 Å². The molecule has 0 amide bonds. The molecule has 1 N–H and O–H groups in total. The van der Waals surface area contributed by atoms with Crippen LogP contribution in [0.5, 0.6) is 0 Å². The predicted octanol–water partition coefficient (Wildman–Crippen LogP) is 3.16. The van der Waals surface area contributed by atoms with E-state index in [0.717, 1.165) is 37.4 Å². The topological polar surface area (TPSA) is 26.7 Å². The van der Waals surface area contributed by atoms with Crippen molar-refractivity contribution in [2.45, 2.75) is 38.7 Å². The number of aliphatic hydroxyl groups is 1. The Morgan fingerprint density at radius 1 is 1.00 bits per heavy atom. The fourth-order valence-corrected chi connectivity index (χ4v) is 4.19. The van der Waals surface area contributed by atoms with Crippen LogP contribution in [0.3, 0.4) is 0 Å². The minimum atomic E-state index is -0.290. The van der Waals surface area contributed by atoms with Gasteiger partial charge >= 0.3 is 0 Å². The van der Waals surface area contributed by atoms with Crippen LogP contribution >= 0.6 is 0 Å². The molecule has 3 rings (SSSR count). The second kappa shape index (κ2) is 8.27. The molecule has 2 heterocycles. The van der Waals surface area contributed by atoms with Gasteiger partial charge in [-0.25, -0.2) is 0 Å².